The quantitative estimate of drug-likeness (QED) is 0.0351. The molecule has 25 heteroatoms. The molecule has 0 spiro atoms. The number of carboxylic acids is 2. The summed E-state index contributed by atoms with van der Waals surface area (Å²) < 4.78 is 0. The van der Waals surface area contributed by atoms with E-state index in [1.54, 1.807) is 36.7 Å². The van der Waals surface area contributed by atoms with Crippen LogP contribution in [0.2, 0.25) is 0 Å². The summed E-state index contributed by atoms with van der Waals surface area (Å²) in [6.45, 7) is 31.6. The summed E-state index contributed by atoms with van der Waals surface area (Å²) in [5.74, 6) is -1.69. The predicted octanol–water partition coefficient (Wildman–Crippen LogP) is 18.7. The number of aromatic hydroxyl groups is 4. The number of pyridine rings is 4. The van der Waals surface area contributed by atoms with E-state index in [2.05, 4.69) is 55.4 Å². The van der Waals surface area contributed by atoms with Crippen molar-refractivity contribution in [2.75, 3.05) is 11.5 Å². The van der Waals surface area contributed by atoms with Crippen LogP contribution in [0.1, 0.15) is 182 Å². The number of hydrogen-bond acceptors (Lipinski definition) is 16. The minimum Gasteiger partial charge on any atom is -0.507 e. The predicted molar refractivity (Wildman–Crippen MR) is 462 cm³/mol. The van der Waals surface area contributed by atoms with E-state index >= 15 is 0 Å². The van der Waals surface area contributed by atoms with E-state index < -0.39 is 11.9 Å². The molecule has 5 aromatic heterocycles. The Bertz CT molecular complexity index is 5280. The van der Waals surface area contributed by atoms with Crippen molar-refractivity contribution in [1.82, 2.24) is 29.9 Å². The summed E-state index contributed by atoms with van der Waals surface area (Å²) in [6.07, 6.45) is 5.94. The van der Waals surface area contributed by atoms with Gasteiger partial charge in [0.25, 0.3) is 11.9 Å². The number of fused-ring (bicyclic) bond motifs is 12. The number of aldehydes is 2. The van der Waals surface area contributed by atoms with Crippen LogP contribution >= 0.6 is 0 Å². The van der Waals surface area contributed by atoms with Gasteiger partial charge in [0.2, 0.25) is 0 Å². The summed E-state index contributed by atoms with van der Waals surface area (Å²) in [7, 11) is 0. The number of aromatic nitrogens is 6. The molecule has 8 bridgehead atoms. The molecule has 0 aliphatic rings. The first kappa shape index (κ1) is 108. The van der Waals surface area contributed by atoms with E-state index in [0.29, 0.717) is 101 Å². The molecule has 8 aromatic carbocycles. The molecule has 22 nitrogen and oxygen atoms in total. The van der Waals surface area contributed by atoms with E-state index in [-0.39, 0.29) is 151 Å². The Morgan fingerprint density at radius 2 is 0.617 bits per heavy atom. The molecule has 0 amide bonds. The number of carboxylic acid groups (broad SMARTS) is 2. The van der Waals surface area contributed by atoms with Crippen LogP contribution in [0.15, 0.2) is 182 Å². The van der Waals surface area contributed by atoms with Gasteiger partial charge < -0.3 is 64.0 Å². The van der Waals surface area contributed by atoms with Gasteiger partial charge in [-0.15, -0.1) is 0 Å². The third-order valence-electron chi connectivity index (χ3n) is 17.0. The van der Waals surface area contributed by atoms with Crippen molar-refractivity contribution in [3.05, 3.63) is 216 Å². The molecule has 0 saturated heterocycles. The van der Waals surface area contributed by atoms with Crippen LogP contribution in [0.5, 0.6) is 23.0 Å². The van der Waals surface area contributed by atoms with Crippen molar-refractivity contribution in [1.29, 1.82) is 0 Å². The number of carbonyl (C=O) groups excluding carboxylic acids is 2. The molecule has 115 heavy (non-hydrogen) atoms. The molecular formula is C90H112Mn3N8O14. The summed E-state index contributed by atoms with van der Waals surface area (Å²) >= 11 is 0. The molecule has 3 radical (unpaired) electrons. The van der Waals surface area contributed by atoms with Crippen LogP contribution < -0.4 is 11.5 Å². The van der Waals surface area contributed by atoms with E-state index in [9.17, 15) is 30.0 Å². The minimum atomic E-state index is -0.833. The zero-order valence-corrected chi connectivity index (χ0v) is 69.0. The SMILES string of the molecule is C.C.C.CC(=O)O.CC(=O)O.CC(C)(C)c1cc(C=O)c(O)c(-c2ccc3ccc4ccc(-c5cc(C(C)(C)C)cc(C=O)c5O)nc4c3n2)c1.CC(C)(C)c1cc2cnc3ccccc3ncc3cc(C(C)(C)C)cc(c3O)c3ccc4ccc5ccc(nc5c4n3)c(c1)c2O.CCC.Nc1ccccc1N.O.O.O.O.[Mn].[Mn].[Mn]. The molecule has 13 rings (SSSR count). The smallest absolute Gasteiger partial charge is 0.300 e. The van der Waals surface area contributed by atoms with Gasteiger partial charge in [-0.3, -0.25) is 29.1 Å². The van der Waals surface area contributed by atoms with E-state index in [1.165, 1.54) is 6.42 Å². The number of phenolic OH excluding ortho intramolecular Hbond substituents is 4. The summed E-state index contributed by atoms with van der Waals surface area (Å²) in [6, 6.07) is 53.4. The molecule has 18 N–H and O–H groups in total. The number of aliphatic carboxylic acids is 2. The third-order valence-corrected chi connectivity index (χ3v) is 17.0. The van der Waals surface area contributed by atoms with Gasteiger partial charge in [-0.05, 0) is 141 Å². The fourth-order valence-electron chi connectivity index (χ4n) is 11.1. The van der Waals surface area contributed by atoms with Crippen molar-refractivity contribution < 1.29 is 123 Å². The molecule has 0 aliphatic carbocycles. The van der Waals surface area contributed by atoms with E-state index in [0.717, 1.165) is 68.7 Å². The number of carbonyl (C=O) groups is 4. The number of anilines is 2. The molecule has 0 atom stereocenters. The molecule has 0 saturated carbocycles. The topological polar surface area (TPSA) is 445 Å². The van der Waals surface area contributed by atoms with Gasteiger partial charge in [-0.25, -0.2) is 19.9 Å². The molecule has 5 heterocycles. The Kier molecular flexibility index (Phi) is 42.7. The van der Waals surface area contributed by atoms with Crippen molar-refractivity contribution >= 4 is 123 Å². The second-order valence-corrected chi connectivity index (χ2v) is 29.7. The molecule has 13 aromatic rings. The van der Waals surface area contributed by atoms with Gasteiger partial charge in [-0.2, -0.15) is 0 Å². The van der Waals surface area contributed by atoms with Crippen LogP contribution in [0.4, 0.5) is 11.4 Å². The average molecular weight is 1690 g/mol. The number of rotatable bonds is 4. The van der Waals surface area contributed by atoms with Crippen LogP contribution in [0.3, 0.4) is 0 Å². The average Bonchev–Trinajstić information content (AvgIpc) is 0.762. The van der Waals surface area contributed by atoms with Gasteiger partial charge in [0.05, 0.1) is 78.0 Å². The van der Waals surface area contributed by atoms with Crippen LogP contribution in [-0.2, 0) is 82.5 Å². The minimum absolute atomic E-state index is 0. The van der Waals surface area contributed by atoms with Crippen molar-refractivity contribution in [3.8, 4) is 45.5 Å². The number of benzene rings is 8. The van der Waals surface area contributed by atoms with Gasteiger partial charge in [-0.1, -0.05) is 198 Å². The Morgan fingerprint density at radius 1 is 0.365 bits per heavy atom. The Hall–Kier alpha value is -10.8. The molecule has 0 aliphatic heterocycles. The largest absolute Gasteiger partial charge is 0.507 e. The maximum atomic E-state index is 11.8. The second kappa shape index (κ2) is 45.3. The Morgan fingerprint density at radius 3 is 0.887 bits per heavy atom. The first-order valence-electron chi connectivity index (χ1n) is 34.4. The standard InChI is InChI=1S/C40H36N4O2.C34H32N2O4.C6H8N2.C3H8.2C2H4O2.3CH4.3Mn.4H2O/c1-39(2,3)27-17-25-21-41-33-9-7-8-10-34(33)42-22-26-18-28(40(4,5)6)20-30(38(26)46)32-16-14-24-12-11-23-13-15-31(29(19-27)37(25)45)43-35(23)36(24)44-32;1-33(2,3)23-13-21(17-37)31(39)25(15-23)27-11-9-19-7-8-20-10-12-28(36-30(20)29(19)35-27)26-16-24(34(4,5)6)14-22(18-38)32(26)40;7-5-3-1-2-4-6(5)8;1-3-2;2*1-2(3)4;;;;;;;;;;/h7-22,45-46H,1-6H3;7-18,39-40H,1-6H3;1-4H,7-8H2;3H2,1-2H3;2*1H3,(H,3,4);3*1H4;;;;4*1H2. The summed E-state index contributed by atoms with van der Waals surface area (Å²) in [4.78, 5) is 71.3. The number of nitrogens with zero attached hydrogens (tertiary/aromatic N) is 6. The monoisotopic (exact) mass is 1690 g/mol. The van der Waals surface area contributed by atoms with Crippen molar-refractivity contribution in [3.63, 3.8) is 0 Å². The number of para-hydroxylation sites is 4. The fraction of sp³-hybridized carbons (Fsp3) is 0.267. The summed E-state index contributed by atoms with van der Waals surface area (Å²) in [5, 5.41) is 66.0. The third kappa shape index (κ3) is 26.6. The maximum Gasteiger partial charge on any atom is 0.300 e. The van der Waals surface area contributed by atoms with Gasteiger partial charge in [0.15, 0.2) is 12.6 Å². The van der Waals surface area contributed by atoms with Crippen LogP contribution in [0, 0.1) is 0 Å². The van der Waals surface area contributed by atoms with Gasteiger partial charge >= 0.3 is 0 Å². The van der Waals surface area contributed by atoms with Gasteiger partial charge in [0.1, 0.15) is 23.0 Å². The first-order valence-corrected chi connectivity index (χ1v) is 34.4. The normalized spacial score (nSPS) is 10.4. The molecule has 617 valence electrons. The Labute approximate surface area is 705 Å². The number of hydrogen-bond donors (Lipinski definition) is 8. The fourth-order valence-corrected chi connectivity index (χ4v) is 11.1. The van der Waals surface area contributed by atoms with Crippen LogP contribution in [-0.4, -0.2) is 107 Å². The van der Waals surface area contributed by atoms with E-state index in [1.807, 2.05) is 187 Å². The number of nitrogens with two attached hydrogens (primary N) is 2. The van der Waals surface area contributed by atoms with Crippen molar-refractivity contribution in [2.24, 2.45) is 0 Å². The molecule has 0 unspecified atom stereocenters. The van der Waals surface area contributed by atoms with Gasteiger partial charge in [0, 0.05) is 132 Å². The van der Waals surface area contributed by atoms with Crippen LogP contribution in [0.25, 0.3) is 110 Å². The van der Waals surface area contributed by atoms with Crippen molar-refractivity contribution in [2.45, 2.75) is 161 Å². The number of phenols is 4. The summed E-state index contributed by atoms with van der Waals surface area (Å²) in [5.41, 5.74) is 22.7. The maximum absolute atomic E-state index is 11.8. The first-order chi connectivity index (χ1) is 49.4. The van der Waals surface area contributed by atoms with E-state index in [4.69, 9.17) is 61.2 Å². The number of nitrogen functional groups attached to an aromatic ring is 2. The Balaban J connectivity index is -0.00000167. The molecule has 0 fully saturated rings. The molecular weight excluding hydrogens is 1580 g/mol. The zero-order valence-electron chi connectivity index (χ0n) is 65.5. The zero-order chi connectivity index (χ0) is 77.2. The second-order valence-electron chi connectivity index (χ2n) is 29.7.